The molecule has 5 heterocycles. The van der Waals surface area contributed by atoms with Gasteiger partial charge in [0.15, 0.2) is 0 Å². The topological polar surface area (TPSA) is 104 Å². The highest BCUT2D eigenvalue weighted by Crippen LogP contribution is 2.31. The molecule has 0 saturated carbocycles. The minimum atomic E-state index is -4.76. The van der Waals surface area contributed by atoms with E-state index < -0.39 is 17.9 Å². The van der Waals surface area contributed by atoms with Gasteiger partial charge in [-0.15, -0.1) is 10.2 Å². The van der Waals surface area contributed by atoms with E-state index in [4.69, 9.17) is 4.42 Å². The fraction of sp³-hybridized carbons (Fsp3) is 0.269. The second-order valence-corrected chi connectivity index (χ2v) is 9.25. The van der Waals surface area contributed by atoms with Crippen molar-refractivity contribution in [3.63, 3.8) is 0 Å². The predicted molar refractivity (Wildman–Crippen MR) is 132 cm³/mol. The van der Waals surface area contributed by atoms with Gasteiger partial charge >= 0.3 is 17.8 Å². The van der Waals surface area contributed by atoms with Crippen molar-refractivity contribution in [2.75, 3.05) is 13.1 Å². The molecule has 1 N–H and O–H groups in total. The van der Waals surface area contributed by atoms with Crippen LogP contribution in [0.2, 0.25) is 0 Å². The summed E-state index contributed by atoms with van der Waals surface area (Å²) in [6.45, 7) is 1.49. The van der Waals surface area contributed by atoms with Gasteiger partial charge in [0.25, 0.3) is 0 Å². The zero-order chi connectivity index (χ0) is 27.1. The average molecular weight is 539 g/mol. The summed E-state index contributed by atoms with van der Waals surface area (Å²) in [5.41, 5.74) is 2.26. The number of hydrogen-bond donors (Lipinski definition) is 1. The lowest BCUT2D eigenvalue weighted by Crippen LogP contribution is -2.37. The van der Waals surface area contributed by atoms with E-state index in [2.05, 4.69) is 25.5 Å². The molecule has 0 spiro atoms. The fourth-order valence-electron chi connectivity index (χ4n) is 4.86. The molecule has 6 rings (SSSR count). The SMILES string of the molecule is O=c1n(Cc2ccc(-c3nnc(C(F)(F)F)o3)cn2)c2cc(F)c(-c3cccnc3)cc2n1C1CCCNC1. The summed E-state index contributed by atoms with van der Waals surface area (Å²) in [5, 5.41) is 9.77. The van der Waals surface area contributed by atoms with Crippen molar-refractivity contribution in [3.8, 4) is 22.6 Å². The Morgan fingerprint density at radius 2 is 1.95 bits per heavy atom. The van der Waals surface area contributed by atoms with Crippen LogP contribution in [0, 0.1) is 5.82 Å². The Kier molecular flexibility index (Phi) is 6.22. The average Bonchev–Trinajstić information content (AvgIpc) is 3.54. The molecular formula is C26H21F4N7O2. The number of nitrogens with one attached hydrogen (secondary N) is 1. The Hall–Kier alpha value is -4.39. The van der Waals surface area contributed by atoms with Gasteiger partial charge in [-0.05, 0) is 43.7 Å². The molecule has 1 unspecified atom stereocenters. The number of nitrogens with zero attached hydrogens (tertiary/aromatic N) is 6. The van der Waals surface area contributed by atoms with Gasteiger partial charge < -0.3 is 9.73 Å². The maximum atomic E-state index is 15.4. The first-order valence-corrected chi connectivity index (χ1v) is 12.2. The van der Waals surface area contributed by atoms with Gasteiger partial charge in [0.1, 0.15) is 5.82 Å². The van der Waals surface area contributed by atoms with E-state index in [1.165, 1.54) is 22.9 Å². The maximum Gasteiger partial charge on any atom is 0.470 e. The van der Waals surface area contributed by atoms with Gasteiger partial charge in [-0.3, -0.25) is 19.1 Å². The molecule has 1 aromatic carbocycles. The Balaban J connectivity index is 1.40. The highest BCUT2D eigenvalue weighted by molar-refractivity contribution is 5.83. The number of piperidine rings is 1. The number of imidazole rings is 1. The molecule has 200 valence electrons. The number of pyridine rings is 2. The summed E-state index contributed by atoms with van der Waals surface area (Å²) in [6, 6.07) is 9.41. The van der Waals surface area contributed by atoms with Crippen LogP contribution in [0.4, 0.5) is 17.6 Å². The number of alkyl halides is 3. The van der Waals surface area contributed by atoms with Gasteiger partial charge in [-0.25, -0.2) is 9.18 Å². The number of aromatic nitrogens is 6. The molecule has 0 amide bonds. The third-order valence-electron chi connectivity index (χ3n) is 6.72. The largest absolute Gasteiger partial charge is 0.470 e. The summed E-state index contributed by atoms with van der Waals surface area (Å²) >= 11 is 0. The Labute approximate surface area is 218 Å². The van der Waals surface area contributed by atoms with Crippen LogP contribution < -0.4 is 11.0 Å². The van der Waals surface area contributed by atoms with Gasteiger partial charge in [-0.1, -0.05) is 6.07 Å². The van der Waals surface area contributed by atoms with Crippen LogP contribution in [0.15, 0.2) is 64.2 Å². The summed E-state index contributed by atoms with van der Waals surface area (Å²) in [6.07, 6.45) is 1.40. The smallest absolute Gasteiger partial charge is 0.413 e. The first-order chi connectivity index (χ1) is 18.8. The highest BCUT2D eigenvalue weighted by Gasteiger charge is 2.38. The molecule has 1 atom stereocenters. The Morgan fingerprint density at radius 3 is 2.62 bits per heavy atom. The van der Waals surface area contributed by atoms with Crippen LogP contribution in [-0.4, -0.2) is 42.4 Å². The van der Waals surface area contributed by atoms with E-state index in [1.54, 1.807) is 41.2 Å². The van der Waals surface area contributed by atoms with Crippen LogP contribution in [0.25, 0.3) is 33.6 Å². The van der Waals surface area contributed by atoms with Crippen molar-refractivity contribution in [1.82, 2.24) is 34.6 Å². The molecule has 5 aromatic rings. The molecule has 0 aliphatic carbocycles. The molecule has 0 radical (unpaired) electrons. The first-order valence-electron chi connectivity index (χ1n) is 12.2. The van der Waals surface area contributed by atoms with E-state index >= 15 is 4.39 Å². The van der Waals surface area contributed by atoms with Crippen molar-refractivity contribution < 1.29 is 22.0 Å². The van der Waals surface area contributed by atoms with Crippen LogP contribution in [-0.2, 0) is 12.7 Å². The molecule has 1 aliphatic heterocycles. The third-order valence-corrected chi connectivity index (χ3v) is 6.72. The number of rotatable bonds is 5. The van der Waals surface area contributed by atoms with Crippen LogP contribution in [0.3, 0.4) is 0 Å². The molecule has 1 fully saturated rings. The van der Waals surface area contributed by atoms with Crippen LogP contribution >= 0.6 is 0 Å². The summed E-state index contributed by atoms with van der Waals surface area (Å²) in [7, 11) is 0. The van der Waals surface area contributed by atoms with Gasteiger partial charge in [0.2, 0.25) is 5.89 Å². The predicted octanol–water partition coefficient (Wildman–Crippen LogP) is 4.44. The van der Waals surface area contributed by atoms with E-state index in [1.807, 2.05) is 0 Å². The zero-order valence-corrected chi connectivity index (χ0v) is 20.3. The maximum absolute atomic E-state index is 15.4. The molecule has 39 heavy (non-hydrogen) atoms. The van der Waals surface area contributed by atoms with Crippen LogP contribution in [0.1, 0.15) is 30.5 Å². The van der Waals surface area contributed by atoms with Gasteiger partial charge in [-0.2, -0.15) is 13.2 Å². The number of hydrogen-bond acceptors (Lipinski definition) is 7. The monoisotopic (exact) mass is 539 g/mol. The lowest BCUT2D eigenvalue weighted by Gasteiger charge is -2.24. The van der Waals surface area contributed by atoms with Crippen molar-refractivity contribution in [1.29, 1.82) is 0 Å². The van der Waals surface area contributed by atoms with E-state index in [9.17, 15) is 18.0 Å². The zero-order valence-electron chi connectivity index (χ0n) is 20.3. The van der Waals surface area contributed by atoms with E-state index in [0.717, 1.165) is 19.4 Å². The van der Waals surface area contributed by atoms with Crippen molar-refractivity contribution in [2.45, 2.75) is 31.6 Å². The molecule has 4 aromatic heterocycles. The fourth-order valence-corrected chi connectivity index (χ4v) is 4.86. The second kappa shape index (κ2) is 9.73. The Bertz CT molecular complexity index is 1690. The minimum Gasteiger partial charge on any atom is -0.413 e. The summed E-state index contributed by atoms with van der Waals surface area (Å²) in [5.74, 6) is -2.28. The quantitative estimate of drug-likeness (QED) is 0.330. The standard InChI is InChI=1S/C26H21F4N7O2/c27-20-10-21-22(9-19(20)15-3-1-7-31-11-15)37(18-4-2-8-32-13-18)25(38)36(21)14-17-6-5-16(12-33-17)23-34-35-24(39-23)26(28,29)30/h1,3,5-7,9-12,18,32H,2,4,8,13-14H2. The third kappa shape index (κ3) is 4.69. The number of halogens is 4. The van der Waals surface area contributed by atoms with E-state index in [0.29, 0.717) is 34.4 Å². The van der Waals surface area contributed by atoms with Crippen LogP contribution in [0.5, 0.6) is 0 Å². The molecule has 1 aliphatic rings. The number of fused-ring (bicyclic) bond motifs is 1. The van der Waals surface area contributed by atoms with Crippen molar-refractivity contribution in [3.05, 3.63) is 82.9 Å². The van der Waals surface area contributed by atoms with Gasteiger partial charge in [0, 0.05) is 42.3 Å². The summed E-state index contributed by atoms with van der Waals surface area (Å²) in [4.78, 5) is 22.1. The molecular weight excluding hydrogens is 518 g/mol. The first kappa shape index (κ1) is 24.9. The number of benzene rings is 1. The van der Waals surface area contributed by atoms with Gasteiger partial charge in [0.05, 0.1) is 34.9 Å². The lowest BCUT2D eigenvalue weighted by molar-refractivity contribution is -0.156. The highest BCUT2D eigenvalue weighted by atomic mass is 19.4. The van der Waals surface area contributed by atoms with Crippen molar-refractivity contribution in [2.24, 2.45) is 0 Å². The molecule has 13 heteroatoms. The molecule has 1 saturated heterocycles. The lowest BCUT2D eigenvalue weighted by atomic mass is 10.0. The van der Waals surface area contributed by atoms with E-state index in [-0.39, 0.29) is 29.7 Å². The minimum absolute atomic E-state index is 0.0199. The molecule has 9 nitrogen and oxygen atoms in total. The summed E-state index contributed by atoms with van der Waals surface area (Å²) < 4.78 is 61.6. The normalized spacial score (nSPS) is 16.2. The van der Waals surface area contributed by atoms with Crippen molar-refractivity contribution >= 4 is 11.0 Å². The molecule has 0 bridgehead atoms. The Morgan fingerprint density at radius 1 is 1.08 bits per heavy atom. The second-order valence-electron chi connectivity index (χ2n) is 9.25.